The van der Waals surface area contributed by atoms with Gasteiger partial charge in [0, 0.05) is 37.3 Å². The number of carbonyl (C=O) groups is 1. The van der Waals surface area contributed by atoms with Gasteiger partial charge in [-0.1, -0.05) is 12.1 Å². The molecule has 0 aliphatic carbocycles. The van der Waals surface area contributed by atoms with Crippen molar-refractivity contribution in [3.8, 4) is 0 Å². The lowest BCUT2D eigenvalue weighted by atomic mass is 10.1. The summed E-state index contributed by atoms with van der Waals surface area (Å²) in [4.78, 5) is 16.6. The van der Waals surface area contributed by atoms with Crippen molar-refractivity contribution in [2.45, 2.75) is 57.7 Å². The number of hydrogen-bond donors (Lipinski definition) is 0. The van der Waals surface area contributed by atoms with Crippen molar-refractivity contribution in [1.82, 2.24) is 9.80 Å². The van der Waals surface area contributed by atoms with Crippen molar-refractivity contribution in [2.75, 3.05) is 18.8 Å². The van der Waals surface area contributed by atoms with Gasteiger partial charge in [0.1, 0.15) is 5.37 Å². The molecule has 1 aromatic carbocycles. The third kappa shape index (κ3) is 5.16. The third-order valence-corrected chi connectivity index (χ3v) is 5.93. The van der Waals surface area contributed by atoms with Crippen molar-refractivity contribution in [2.24, 2.45) is 0 Å². The molecule has 3 nitrogen and oxygen atoms in total. The molecule has 1 fully saturated rings. The maximum absolute atomic E-state index is 12.8. The summed E-state index contributed by atoms with van der Waals surface area (Å²) < 4.78 is 38.4. The van der Waals surface area contributed by atoms with Gasteiger partial charge in [-0.05, 0) is 45.4 Å². The fourth-order valence-electron chi connectivity index (χ4n) is 3.31. The molecule has 1 aromatic rings. The summed E-state index contributed by atoms with van der Waals surface area (Å²) in [6, 6.07) is 5.92. The van der Waals surface area contributed by atoms with Gasteiger partial charge in [0.05, 0.1) is 5.56 Å². The Morgan fingerprint density at radius 1 is 1.15 bits per heavy atom. The van der Waals surface area contributed by atoms with Crippen LogP contribution in [0.1, 0.15) is 50.6 Å². The molecule has 1 aliphatic heterocycles. The molecule has 0 spiro atoms. The van der Waals surface area contributed by atoms with Crippen LogP contribution >= 0.6 is 11.8 Å². The molecule has 1 atom stereocenters. The van der Waals surface area contributed by atoms with Gasteiger partial charge >= 0.3 is 6.18 Å². The lowest BCUT2D eigenvalue weighted by Crippen LogP contribution is -2.46. The lowest BCUT2D eigenvalue weighted by Gasteiger charge is -2.38. The number of amides is 1. The minimum Gasteiger partial charge on any atom is -0.325 e. The van der Waals surface area contributed by atoms with E-state index in [-0.39, 0.29) is 11.3 Å². The molecule has 1 amide bonds. The molecular weight excluding hydrogens is 361 g/mol. The Morgan fingerprint density at radius 3 is 2.23 bits per heavy atom. The highest BCUT2D eigenvalue weighted by Gasteiger charge is 2.33. The van der Waals surface area contributed by atoms with Gasteiger partial charge in [0.2, 0.25) is 5.91 Å². The molecule has 0 bridgehead atoms. The van der Waals surface area contributed by atoms with Gasteiger partial charge in [0.15, 0.2) is 0 Å². The Hall–Kier alpha value is -1.21. The second kappa shape index (κ2) is 8.65. The van der Waals surface area contributed by atoms with Crippen molar-refractivity contribution in [3.05, 3.63) is 35.4 Å². The summed E-state index contributed by atoms with van der Waals surface area (Å²) in [6.45, 7) is 9.83. The van der Waals surface area contributed by atoms with Gasteiger partial charge in [-0.2, -0.15) is 13.2 Å². The van der Waals surface area contributed by atoms with E-state index in [0.717, 1.165) is 24.2 Å². The normalized spacial score (nSPS) is 19.1. The van der Waals surface area contributed by atoms with Crippen molar-refractivity contribution in [3.63, 3.8) is 0 Å². The predicted molar refractivity (Wildman–Crippen MR) is 100.0 cm³/mol. The number of carbonyl (C=O) groups excluding carboxylic acids is 1. The van der Waals surface area contributed by atoms with E-state index in [1.165, 1.54) is 12.1 Å². The van der Waals surface area contributed by atoms with E-state index in [0.29, 0.717) is 30.8 Å². The van der Waals surface area contributed by atoms with Crippen LogP contribution in [-0.4, -0.2) is 46.6 Å². The maximum atomic E-state index is 12.8. The molecule has 1 unspecified atom stereocenters. The van der Waals surface area contributed by atoms with E-state index in [1.54, 1.807) is 11.8 Å². The van der Waals surface area contributed by atoms with E-state index in [9.17, 15) is 18.0 Å². The van der Waals surface area contributed by atoms with Crippen LogP contribution in [0.25, 0.3) is 0 Å². The Balaban J connectivity index is 2.16. The van der Waals surface area contributed by atoms with Crippen molar-refractivity contribution < 1.29 is 18.0 Å². The van der Waals surface area contributed by atoms with Crippen LogP contribution in [0.5, 0.6) is 0 Å². The topological polar surface area (TPSA) is 23.6 Å². The lowest BCUT2D eigenvalue weighted by molar-refractivity contribution is -0.137. The number of hydrogen-bond acceptors (Lipinski definition) is 3. The molecular formula is C19H27F3N2OS. The maximum Gasteiger partial charge on any atom is 0.416 e. The quantitative estimate of drug-likeness (QED) is 0.700. The molecule has 1 aliphatic rings. The fourth-order valence-corrected chi connectivity index (χ4v) is 4.58. The van der Waals surface area contributed by atoms with E-state index >= 15 is 0 Å². The van der Waals surface area contributed by atoms with E-state index in [4.69, 9.17) is 0 Å². The van der Waals surface area contributed by atoms with E-state index in [1.807, 2.05) is 4.90 Å². The Kier molecular flexibility index (Phi) is 7.02. The summed E-state index contributed by atoms with van der Waals surface area (Å²) in [5.74, 6) is 0.764. The number of thioether (sulfide) groups is 1. The van der Waals surface area contributed by atoms with Crippen LogP contribution in [0.15, 0.2) is 24.3 Å². The van der Waals surface area contributed by atoms with Crippen molar-refractivity contribution in [1.29, 1.82) is 0 Å². The molecule has 0 aromatic heterocycles. The highest BCUT2D eigenvalue weighted by Crippen LogP contribution is 2.38. The largest absolute Gasteiger partial charge is 0.416 e. The smallest absolute Gasteiger partial charge is 0.325 e. The van der Waals surface area contributed by atoms with Gasteiger partial charge < -0.3 is 4.90 Å². The SMILES string of the molecule is CC(C)N(CCN1C(=O)CCSC1c1ccc(C(F)(F)F)cc1)C(C)C. The first-order valence-electron chi connectivity index (χ1n) is 8.95. The van der Waals surface area contributed by atoms with E-state index < -0.39 is 11.7 Å². The minimum atomic E-state index is -4.34. The standard InChI is InChI=1S/C19H27F3N2OS/c1-13(2)23(14(3)4)10-11-24-17(25)9-12-26-18(24)15-5-7-16(8-6-15)19(20,21)22/h5-8,13-14,18H,9-12H2,1-4H3. The Morgan fingerprint density at radius 2 is 1.73 bits per heavy atom. The van der Waals surface area contributed by atoms with Crippen LogP contribution in [0.4, 0.5) is 13.2 Å². The van der Waals surface area contributed by atoms with Gasteiger partial charge in [0.25, 0.3) is 0 Å². The third-order valence-electron chi connectivity index (χ3n) is 4.64. The van der Waals surface area contributed by atoms with Crippen LogP contribution in [0, 0.1) is 0 Å². The molecule has 2 rings (SSSR count). The Bertz CT molecular complexity index is 594. The highest BCUT2D eigenvalue weighted by molar-refractivity contribution is 7.99. The first kappa shape index (κ1) is 21.1. The van der Waals surface area contributed by atoms with Gasteiger partial charge in [-0.3, -0.25) is 9.69 Å². The van der Waals surface area contributed by atoms with Gasteiger partial charge in [-0.25, -0.2) is 0 Å². The molecule has 0 radical (unpaired) electrons. The summed E-state index contributed by atoms with van der Waals surface area (Å²) in [7, 11) is 0. The zero-order chi connectivity index (χ0) is 19.5. The Labute approximate surface area is 157 Å². The number of rotatable bonds is 6. The summed E-state index contributed by atoms with van der Waals surface area (Å²) in [6.07, 6.45) is -3.87. The van der Waals surface area contributed by atoms with E-state index in [2.05, 4.69) is 32.6 Å². The number of benzene rings is 1. The van der Waals surface area contributed by atoms with Crippen LogP contribution in [0.2, 0.25) is 0 Å². The molecule has 7 heteroatoms. The fraction of sp³-hybridized carbons (Fsp3) is 0.632. The number of nitrogens with zero attached hydrogens (tertiary/aromatic N) is 2. The molecule has 0 saturated carbocycles. The summed E-state index contributed by atoms with van der Waals surface area (Å²) in [5.41, 5.74) is 0.0856. The van der Waals surface area contributed by atoms with Crippen LogP contribution in [0.3, 0.4) is 0 Å². The zero-order valence-corrected chi connectivity index (χ0v) is 16.5. The molecule has 1 saturated heterocycles. The average molecular weight is 388 g/mol. The van der Waals surface area contributed by atoms with Crippen LogP contribution < -0.4 is 0 Å². The highest BCUT2D eigenvalue weighted by atomic mass is 32.2. The minimum absolute atomic E-state index is 0.0705. The number of halogens is 3. The molecule has 0 N–H and O–H groups in total. The second-order valence-corrected chi connectivity index (χ2v) is 8.29. The van der Waals surface area contributed by atoms with Crippen LogP contribution in [-0.2, 0) is 11.0 Å². The summed E-state index contributed by atoms with van der Waals surface area (Å²) >= 11 is 1.62. The molecule has 146 valence electrons. The monoisotopic (exact) mass is 388 g/mol. The van der Waals surface area contributed by atoms with Crippen molar-refractivity contribution >= 4 is 17.7 Å². The van der Waals surface area contributed by atoms with Gasteiger partial charge in [-0.15, -0.1) is 11.8 Å². The molecule has 1 heterocycles. The first-order valence-corrected chi connectivity index (χ1v) is 10.00. The number of alkyl halides is 3. The first-order chi connectivity index (χ1) is 12.1. The second-order valence-electron chi connectivity index (χ2n) is 7.11. The average Bonchev–Trinajstić information content (AvgIpc) is 2.55. The molecule has 26 heavy (non-hydrogen) atoms. The summed E-state index contributed by atoms with van der Waals surface area (Å²) in [5, 5.41) is -0.222. The predicted octanol–water partition coefficient (Wildman–Crippen LogP) is 4.79. The zero-order valence-electron chi connectivity index (χ0n) is 15.7.